The van der Waals surface area contributed by atoms with Gasteiger partial charge in [0.25, 0.3) is 0 Å². The number of sulfonamides is 1. The van der Waals surface area contributed by atoms with Gasteiger partial charge in [-0.1, -0.05) is 51.8 Å². The van der Waals surface area contributed by atoms with E-state index in [-0.39, 0.29) is 21.1 Å². The van der Waals surface area contributed by atoms with Crippen LogP contribution >= 0.6 is 35.1 Å². The maximum atomic E-state index is 13.6. The third kappa shape index (κ3) is 3.77. The second-order valence-electron chi connectivity index (χ2n) is 6.06. The molecule has 0 saturated heterocycles. The minimum Gasteiger partial charge on any atom is -0.310 e. The molecule has 7 nitrogen and oxygen atoms in total. The fourth-order valence-corrected chi connectivity index (χ4v) is 7.18. The zero-order chi connectivity index (χ0) is 21.4. The number of nitrogens with one attached hydrogen (secondary N) is 1. The van der Waals surface area contributed by atoms with Crippen molar-refractivity contribution in [1.82, 2.24) is 4.72 Å². The van der Waals surface area contributed by atoms with E-state index in [0.29, 0.717) is 4.47 Å². The fourth-order valence-electron chi connectivity index (χ4n) is 3.08. The average Bonchev–Trinajstić information content (AvgIpc) is 2.71. The molecule has 2 aromatic carbocycles. The van der Waals surface area contributed by atoms with Gasteiger partial charge in [-0.15, -0.1) is 0 Å². The van der Waals surface area contributed by atoms with Crippen LogP contribution in [0.3, 0.4) is 0 Å². The second-order valence-corrected chi connectivity index (χ2v) is 11.5. The van der Waals surface area contributed by atoms with Crippen LogP contribution in [0.2, 0.25) is 0 Å². The average molecular weight is 521 g/mol. The van der Waals surface area contributed by atoms with Crippen LogP contribution < -0.4 is 4.72 Å². The topological polar surface area (TPSA) is 98.8 Å². The Morgan fingerprint density at radius 3 is 2.24 bits per heavy atom. The molecular weight excluding hydrogens is 505 g/mol. The molecule has 0 bridgehead atoms. The van der Waals surface area contributed by atoms with Gasteiger partial charge in [0.05, 0.1) is 9.93 Å². The van der Waals surface area contributed by atoms with Crippen molar-refractivity contribution in [3.8, 4) is 0 Å². The Bertz CT molecular complexity index is 1140. The van der Waals surface area contributed by atoms with Crippen molar-refractivity contribution >= 4 is 50.9 Å². The van der Waals surface area contributed by atoms with Crippen LogP contribution in [0.4, 0.5) is 0 Å². The molecule has 1 unspecified atom stereocenters. The second kappa shape index (κ2) is 8.07. The lowest BCUT2D eigenvalue weighted by atomic mass is 9.92. The van der Waals surface area contributed by atoms with Crippen molar-refractivity contribution < 1.29 is 26.8 Å². The fraction of sp³-hybridized carbons (Fsp3) is 0.167. The van der Waals surface area contributed by atoms with Gasteiger partial charge in [0.2, 0.25) is 15.8 Å². The number of hydrogen-bond donors (Lipinski definition) is 1. The summed E-state index contributed by atoms with van der Waals surface area (Å²) in [6.07, 6.45) is 1.07. The summed E-state index contributed by atoms with van der Waals surface area (Å²) < 4.78 is 53.4. The highest BCUT2D eigenvalue weighted by molar-refractivity contribution is 9.10. The van der Waals surface area contributed by atoms with E-state index < -0.39 is 28.7 Å². The number of fused-ring (bicyclic) bond motifs is 1. The van der Waals surface area contributed by atoms with E-state index in [1.165, 1.54) is 24.3 Å². The molecule has 1 N–H and O–H groups in total. The lowest BCUT2D eigenvalue weighted by Crippen LogP contribution is -2.47. The zero-order valence-corrected chi connectivity index (χ0v) is 19.3. The highest BCUT2D eigenvalue weighted by atomic mass is 79.9. The molecule has 1 atom stereocenters. The highest BCUT2D eigenvalue weighted by Gasteiger charge is 2.56. The molecule has 0 saturated carbocycles. The minimum absolute atomic E-state index is 0.0854. The van der Waals surface area contributed by atoms with E-state index in [4.69, 9.17) is 20.6 Å². The van der Waals surface area contributed by atoms with E-state index in [1.54, 1.807) is 24.3 Å². The Hall–Kier alpha value is -1.32. The number of rotatable bonds is 6. The molecule has 2 aromatic rings. The Balaban J connectivity index is 2.31. The van der Waals surface area contributed by atoms with Gasteiger partial charge in [0.15, 0.2) is 5.28 Å². The quantitative estimate of drug-likeness (QED) is 0.568. The molecule has 3 rings (SSSR count). The van der Waals surface area contributed by atoms with Gasteiger partial charge in [-0.25, -0.2) is 8.42 Å². The molecular formula is C18H16BrClNO6PS. The molecule has 1 aliphatic rings. The molecule has 0 spiro atoms. The van der Waals surface area contributed by atoms with Crippen molar-refractivity contribution in [3.63, 3.8) is 0 Å². The first kappa shape index (κ1) is 22.4. The van der Waals surface area contributed by atoms with E-state index in [9.17, 15) is 17.8 Å². The van der Waals surface area contributed by atoms with Crippen molar-refractivity contribution in [2.24, 2.45) is 0 Å². The third-order valence-electron chi connectivity index (χ3n) is 4.46. The Labute approximate surface area is 181 Å². The van der Waals surface area contributed by atoms with Crippen LogP contribution in [0.25, 0.3) is 0 Å². The summed E-state index contributed by atoms with van der Waals surface area (Å²) in [4.78, 5) is 12.4. The molecule has 154 valence electrons. The predicted molar refractivity (Wildman–Crippen MR) is 112 cm³/mol. The SMILES string of the molecule is COP(=O)(OC)C1(NS(=O)(=O)c2ccc(Br)cc2)C=C(Cl)C(=O)c2ccccc21. The van der Waals surface area contributed by atoms with Gasteiger partial charge < -0.3 is 9.05 Å². The summed E-state index contributed by atoms with van der Waals surface area (Å²) >= 11 is 9.38. The lowest BCUT2D eigenvalue weighted by Gasteiger charge is -2.39. The van der Waals surface area contributed by atoms with Crippen molar-refractivity contribution in [3.05, 3.63) is 75.2 Å². The maximum absolute atomic E-state index is 13.6. The molecule has 0 aliphatic heterocycles. The van der Waals surface area contributed by atoms with Gasteiger partial charge in [0, 0.05) is 29.8 Å². The van der Waals surface area contributed by atoms with Gasteiger partial charge in [-0.05, 0) is 30.3 Å². The van der Waals surface area contributed by atoms with Gasteiger partial charge >= 0.3 is 7.60 Å². The van der Waals surface area contributed by atoms with E-state index in [0.717, 1.165) is 20.3 Å². The smallest absolute Gasteiger partial charge is 0.310 e. The predicted octanol–water partition coefficient (Wildman–Crippen LogP) is 4.39. The van der Waals surface area contributed by atoms with Crippen LogP contribution in [-0.2, 0) is 28.9 Å². The van der Waals surface area contributed by atoms with Crippen molar-refractivity contribution in [1.29, 1.82) is 0 Å². The van der Waals surface area contributed by atoms with Gasteiger partial charge in [0.1, 0.15) is 0 Å². The number of carbonyl (C=O) groups excluding carboxylic acids is 1. The summed E-state index contributed by atoms with van der Waals surface area (Å²) in [5.41, 5.74) is 0.204. The maximum Gasteiger partial charge on any atom is 0.359 e. The van der Waals surface area contributed by atoms with E-state index >= 15 is 0 Å². The number of allylic oxidation sites excluding steroid dienone is 1. The Morgan fingerprint density at radius 1 is 1.07 bits per heavy atom. The number of hydrogen-bond acceptors (Lipinski definition) is 6. The zero-order valence-electron chi connectivity index (χ0n) is 15.3. The first-order valence-corrected chi connectivity index (χ1v) is 12.3. The van der Waals surface area contributed by atoms with Crippen molar-refractivity contribution in [2.75, 3.05) is 14.2 Å². The number of Topliss-reactive ketones (excluding diaryl/α,β-unsaturated/α-hetero) is 1. The monoisotopic (exact) mass is 519 g/mol. The lowest BCUT2D eigenvalue weighted by molar-refractivity contribution is 0.103. The Morgan fingerprint density at radius 2 is 1.66 bits per heavy atom. The molecule has 1 aliphatic carbocycles. The Kier molecular flexibility index (Phi) is 6.23. The third-order valence-corrected chi connectivity index (χ3v) is 9.21. The normalized spacial score (nSPS) is 19.6. The molecule has 0 radical (unpaired) electrons. The van der Waals surface area contributed by atoms with Crippen LogP contribution in [0, 0.1) is 0 Å². The largest absolute Gasteiger partial charge is 0.359 e. The van der Waals surface area contributed by atoms with E-state index in [2.05, 4.69) is 20.7 Å². The number of benzene rings is 2. The summed E-state index contributed by atoms with van der Waals surface area (Å²) in [6, 6.07) is 11.9. The summed E-state index contributed by atoms with van der Waals surface area (Å²) in [5.74, 6) is -0.528. The van der Waals surface area contributed by atoms with E-state index in [1.807, 2.05) is 0 Å². The molecule has 0 amide bonds. The first-order valence-electron chi connectivity index (χ1n) is 8.14. The van der Waals surface area contributed by atoms with Crippen LogP contribution in [-0.4, -0.2) is 28.4 Å². The molecule has 0 aromatic heterocycles. The van der Waals surface area contributed by atoms with Crippen LogP contribution in [0.5, 0.6) is 0 Å². The molecule has 11 heteroatoms. The standard InChI is InChI=1S/C18H16BrClNO6PS/c1-26-28(23,27-2)18(21-29(24,25)13-9-7-12(19)8-10-13)11-16(20)17(22)14-5-3-4-6-15(14)18/h3-11,21H,1-2H3. The summed E-state index contributed by atoms with van der Waals surface area (Å²) in [6.45, 7) is 0. The molecule has 0 fully saturated rings. The van der Waals surface area contributed by atoms with Gasteiger partial charge in [-0.2, -0.15) is 4.72 Å². The number of ketones is 1. The number of carbonyl (C=O) groups is 1. The van der Waals surface area contributed by atoms with Crippen LogP contribution in [0.1, 0.15) is 15.9 Å². The summed E-state index contributed by atoms with van der Waals surface area (Å²) in [7, 11) is -6.21. The highest BCUT2D eigenvalue weighted by Crippen LogP contribution is 2.65. The minimum atomic E-state index is -4.24. The molecule has 29 heavy (non-hydrogen) atoms. The van der Waals surface area contributed by atoms with Crippen molar-refractivity contribution in [2.45, 2.75) is 10.2 Å². The first-order chi connectivity index (χ1) is 13.6. The number of halogens is 2. The summed E-state index contributed by atoms with van der Waals surface area (Å²) in [5, 5.41) is -2.36. The van der Waals surface area contributed by atoms with Crippen LogP contribution in [0.15, 0.2) is 69.0 Å². The molecule has 0 heterocycles. The van der Waals surface area contributed by atoms with Gasteiger partial charge in [-0.3, -0.25) is 9.36 Å².